The van der Waals surface area contributed by atoms with Crippen molar-refractivity contribution in [1.82, 2.24) is 19.7 Å². The van der Waals surface area contributed by atoms with Gasteiger partial charge in [0, 0.05) is 13.2 Å². The van der Waals surface area contributed by atoms with Gasteiger partial charge in [0.2, 0.25) is 5.69 Å². The van der Waals surface area contributed by atoms with Gasteiger partial charge in [0.1, 0.15) is 0 Å². The number of hydrogen-bond donors (Lipinski definition) is 1. The molecule has 0 saturated carbocycles. The molecule has 4 rings (SSSR count). The minimum atomic E-state index is -0.720. The second-order valence-electron chi connectivity index (χ2n) is 7.60. The van der Waals surface area contributed by atoms with Crippen molar-refractivity contribution in [2.45, 2.75) is 32.4 Å². The van der Waals surface area contributed by atoms with Gasteiger partial charge in [-0.05, 0) is 43.0 Å². The highest BCUT2D eigenvalue weighted by Gasteiger charge is 2.22. The van der Waals surface area contributed by atoms with Crippen LogP contribution < -0.4 is 16.6 Å². The van der Waals surface area contributed by atoms with Gasteiger partial charge >= 0.3 is 5.69 Å². The number of carbonyl (C=O) groups excluding carboxylic acids is 1. The van der Waals surface area contributed by atoms with Crippen LogP contribution in [0.1, 0.15) is 34.5 Å². The first-order chi connectivity index (χ1) is 15.0. The first-order valence-corrected chi connectivity index (χ1v) is 10.3. The Kier molecular flexibility index (Phi) is 6.08. The fourth-order valence-corrected chi connectivity index (χ4v) is 3.59. The SMILES string of the molecule is Cc1cccc(-n2nc(C(=O)NC[C@H]3CCCO3)c(=O)n(Cc3ccccc3)c2=O)c1. The summed E-state index contributed by atoms with van der Waals surface area (Å²) >= 11 is 0. The lowest BCUT2D eigenvalue weighted by Crippen LogP contribution is -2.46. The van der Waals surface area contributed by atoms with Crippen molar-refractivity contribution >= 4 is 5.91 Å². The largest absolute Gasteiger partial charge is 0.376 e. The van der Waals surface area contributed by atoms with Crippen LogP contribution in [0.3, 0.4) is 0 Å². The highest BCUT2D eigenvalue weighted by molar-refractivity contribution is 5.91. The van der Waals surface area contributed by atoms with E-state index in [4.69, 9.17) is 4.74 Å². The second kappa shape index (κ2) is 9.09. The first kappa shape index (κ1) is 20.7. The molecule has 2 aromatic carbocycles. The number of aryl methyl sites for hydroxylation is 1. The maximum absolute atomic E-state index is 13.2. The van der Waals surface area contributed by atoms with Gasteiger partial charge in [0.15, 0.2) is 0 Å². The summed E-state index contributed by atoms with van der Waals surface area (Å²) in [5.41, 5.74) is 0.540. The van der Waals surface area contributed by atoms with Crippen LogP contribution in [0.5, 0.6) is 0 Å². The van der Waals surface area contributed by atoms with Crippen molar-refractivity contribution in [3.8, 4) is 5.69 Å². The molecule has 1 fully saturated rings. The highest BCUT2D eigenvalue weighted by atomic mass is 16.5. The Morgan fingerprint density at radius 3 is 2.68 bits per heavy atom. The second-order valence-corrected chi connectivity index (χ2v) is 7.60. The number of nitrogens with zero attached hydrogens (tertiary/aromatic N) is 3. The number of ether oxygens (including phenoxy) is 1. The van der Waals surface area contributed by atoms with Crippen molar-refractivity contribution < 1.29 is 9.53 Å². The quantitative estimate of drug-likeness (QED) is 0.654. The van der Waals surface area contributed by atoms with Gasteiger partial charge in [-0.15, -0.1) is 0 Å². The van der Waals surface area contributed by atoms with Gasteiger partial charge < -0.3 is 10.1 Å². The molecule has 3 aromatic rings. The zero-order valence-corrected chi connectivity index (χ0v) is 17.3. The molecule has 1 aliphatic heterocycles. The average Bonchev–Trinajstić information content (AvgIpc) is 3.29. The molecular weight excluding hydrogens is 396 g/mol. The summed E-state index contributed by atoms with van der Waals surface area (Å²) in [6.07, 6.45) is 1.73. The molecule has 1 saturated heterocycles. The van der Waals surface area contributed by atoms with E-state index in [9.17, 15) is 14.4 Å². The Balaban J connectivity index is 1.76. The van der Waals surface area contributed by atoms with E-state index < -0.39 is 17.2 Å². The molecule has 160 valence electrons. The number of benzene rings is 2. The number of carbonyl (C=O) groups is 1. The molecule has 1 N–H and O–H groups in total. The van der Waals surface area contributed by atoms with E-state index in [2.05, 4.69) is 10.4 Å². The summed E-state index contributed by atoms with van der Waals surface area (Å²) in [7, 11) is 0. The van der Waals surface area contributed by atoms with Crippen LogP contribution in [0.25, 0.3) is 5.69 Å². The van der Waals surface area contributed by atoms with Crippen LogP contribution in [-0.4, -0.2) is 39.5 Å². The fourth-order valence-electron chi connectivity index (χ4n) is 3.59. The number of rotatable bonds is 6. The molecule has 1 amide bonds. The lowest BCUT2D eigenvalue weighted by molar-refractivity contribution is 0.0849. The molecule has 2 heterocycles. The van der Waals surface area contributed by atoms with Crippen molar-refractivity contribution in [2.75, 3.05) is 13.2 Å². The number of nitrogens with one attached hydrogen (secondary N) is 1. The van der Waals surface area contributed by atoms with Gasteiger partial charge in [-0.1, -0.05) is 42.5 Å². The predicted molar refractivity (Wildman–Crippen MR) is 116 cm³/mol. The molecule has 0 bridgehead atoms. The molecule has 8 nitrogen and oxygen atoms in total. The Morgan fingerprint density at radius 2 is 1.97 bits per heavy atom. The van der Waals surface area contributed by atoms with Crippen molar-refractivity contribution in [2.24, 2.45) is 0 Å². The van der Waals surface area contributed by atoms with E-state index in [1.165, 1.54) is 0 Å². The summed E-state index contributed by atoms with van der Waals surface area (Å²) in [5.74, 6) is -0.622. The molecule has 0 aliphatic carbocycles. The summed E-state index contributed by atoms with van der Waals surface area (Å²) in [6.45, 7) is 2.89. The molecule has 0 radical (unpaired) electrons. The maximum Gasteiger partial charge on any atom is 0.352 e. The van der Waals surface area contributed by atoms with Gasteiger partial charge in [0.25, 0.3) is 11.5 Å². The predicted octanol–water partition coefficient (Wildman–Crippen LogP) is 1.66. The molecule has 8 heteroatoms. The van der Waals surface area contributed by atoms with Crippen molar-refractivity contribution in [3.05, 3.63) is 92.3 Å². The highest BCUT2D eigenvalue weighted by Crippen LogP contribution is 2.11. The van der Waals surface area contributed by atoms with E-state index in [-0.39, 0.29) is 18.3 Å². The molecule has 0 spiro atoms. The van der Waals surface area contributed by atoms with Gasteiger partial charge in [-0.25, -0.2) is 4.79 Å². The normalized spacial score (nSPS) is 15.7. The monoisotopic (exact) mass is 420 g/mol. The van der Waals surface area contributed by atoms with E-state index in [1.807, 2.05) is 43.3 Å². The summed E-state index contributed by atoms with van der Waals surface area (Å²) < 4.78 is 7.68. The molecular formula is C23H24N4O4. The lowest BCUT2D eigenvalue weighted by atomic mass is 10.2. The van der Waals surface area contributed by atoms with Crippen LogP contribution in [0.15, 0.2) is 64.2 Å². The Morgan fingerprint density at radius 1 is 1.16 bits per heavy atom. The zero-order chi connectivity index (χ0) is 21.8. The fraction of sp³-hybridized carbons (Fsp3) is 0.304. The van der Waals surface area contributed by atoms with Crippen LogP contribution in [0.4, 0.5) is 0 Å². The van der Waals surface area contributed by atoms with E-state index in [0.717, 1.165) is 33.2 Å². The third-order valence-corrected chi connectivity index (χ3v) is 5.22. The van der Waals surface area contributed by atoms with Crippen LogP contribution in [-0.2, 0) is 11.3 Å². The lowest BCUT2D eigenvalue weighted by Gasteiger charge is -2.14. The third-order valence-electron chi connectivity index (χ3n) is 5.22. The summed E-state index contributed by atoms with van der Waals surface area (Å²) in [4.78, 5) is 39.1. The maximum atomic E-state index is 13.2. The number of aromatic nitrogens is 3. The van der Waals surface area contributed by atoms with Crippen LogP contribution in [0.2, 0.25) is 0 Å². The minimum absolute atomic E-state index is 0.0405. The molecule has 31 heavy (non-hydrogen) atoms. The summed E-state index contributed by atoms with van der Waals surface area (Å²) in [6, 6.07) is 16.3. The van der Waals surface area contributed by atoms with Crippen LogP contribution in [0, 0.1) is 6.92 Å². The van der Waals surface area contributed by atoms with Gasteiger partial charge in [0.05, 0.1) is 18.3 Å². The Labute approximate surface area is 179 Å². The minimum Gasteiger partial charge on any atom is -0.376 e. The summed E-state index contributed by atoms with van der Waals surface area (Å²) in [5, 5.41) is 6.88. The first-order valence-electron chi connectivity index (χ1n) is 10.3. The van der Waals surface area contributed by atoms with Crippen molar-refractivity contribution in [3.63, 3.8) is 0 Å². The van der Waals surface area contributed by atoms with Gasteiger partial charge in [-0.3, -0.25) is 14.2 Å². The topological polar surface area (TPSA) is 95.2 Å². The van der Waals surface area contributed by atoms with Crippen LogP contribution >= 0.6 is 0 Å². The van der Waals surface area contributed by atoms with E-state index in [0.29, 0.717) is 18.8 Å². The zero-order valence-electron chi connectivity index (χ0n) is 17.3. The van der Waals surface area contributed by atoms with Crippen molar-refractivity contribution in [1.29, 1.82) is 0 Å². The molecule has 1 aliphatic rings. The molecule has 1 atom stereocenters. The van der Waals surface area contributed by atoms with Gasteiger partial charge in [-0.2, -0.15) is 9.78 Å². The Bertz CT molecular complexity index is 1190. The van der Waals surface area contributed by atoms with E-state index in [1.54, 1.807) is 18.2 Å². The third kappa shape index (κ3) is 4.64. The molecule has 0 unspecified atom stereocenters. The average molecular weight is 420 g/mol. The smallest absolute Gasteiger partial charge is 0.352 e. The number of amides is 1. The standard InChI is InChI=1S/C23H24N4O4/c1-16-7-5-10-18(13-16)27-23(30)26(15-17-8-3-2-4-9-17)22(29)20(25-27)21(28)24-14-19-11-6-12-31-19/h2-5,7-10,13,19H,6,11-12,14-15H2,1H3,(H,24,28)/t19-/m1/s1. The Hall–Kier alpha value is -3.52. The number of hydrogen-bond acceptors (Lipinski definition) is 5. The van der Waals surface area contributed by atoms with E-state index >= 15 is 0 Å². The molecule has 1 aromatic heterocycles.